The monoisotopic (exact) mass is 490 g/mol. The molecular weight excluding hydrogens is 462 g/mol. The lowest BCUT2D eigenvalue weighted by molar-refractivity contribution is -0.149. The normalized spacial score (nSPS) is 23.0. The zero-order valence-electron chi connectivity index (χ0n) is 18.7. The van der Waals surface area contributed by atoms with E-state index in [1.54, 1.807) is 0 Å². The van der Waals surface area contributed by atoms with Crippen LogP contribution in [0.25, 0.3) is 0 Å². The average Bonchev–Trinajstić information content (AvgIpc) is 3.32. The lowest BCUT2D eigenvalue weighted by Gasteiger charge is -2.43. The van der Waals surface area contributed by atoms with Gasteiger partial charge in [-0.2, -0.15) is 0 Å². The topological polar surface area (TPSA) is 95.7 Å². The van der Waals surface area contributed by atoms with Crippen molar-refractivity contribution in [3.8, 4) is 0 Å². The summed E-state index contributed by atoms with van der Waals surface area (Å²) in [5.41, 5.74) is 5.77. The molecule has 1 aliphatic heterocycles. The summed E-state index contributed by atoms with van der Waals surface area (Å²) in [5.74, 6) is -3.21. The molecule has 34 heavy (non-hydrogen) atoms. The molecule has 1 atom stereocenters. The van der Waals surface area contributed by atoms with Crippen molar-refractivity contribution in [2.24, 2.45) is 5.73 Å². The summed E-state index contributed by atoms with van der Waals surface area (Å²) in [6, 6.07) is 6.24. The van der Waals surface area contributed by atoms with Crippen molar-refractivity contribution in [2.75, 3.05) is 13.1 Å². The van der Waals surface area contributed by atoms with Crippen LogP contribution in [0.15, 0.2) is 35.7 Å². The molecule has 0 spiro atoms. The van der Waals surface area contributed by atoms with E-state index in [4.69, 9.17) is 5.73 Å². The van der Waals surface area contributed by atoms with Gasteiger partial charge in [-0.15, -0.1) is 11.3 Å². The third-order valence-corrected chi connectivity index (χ3v) is 7.21. The average molecular weight is 491 g/mol. The van der Waals surface area contributed by atoms with Gasteiger partial charge in [0.1, 0.15) is 11.6 Å². The predicted octanol–water partition coefficient (Wildman–Crippen LogP) is 2.66. The molecule has 1 saturated carbocycles. The fraction of sp³-hybridized carbons (Fsp3) is 0.458. The van der Waals surface area contributed by atoms with E-state index in [-0.39, 0.29) is 36.5 Å². The highest BCUT2D eigenvalue weighted by atomic mass is 32.1. The molecule has 2 aromatic rings. The Morgan fingerprint density at radius 1 is 1.03 bits per heavy atom. The van der Waals surface area contributed by atoms with Gasteiger partial charge in [-0.25, -0.2) is 8.78 Å². The van der Waals surface area contributed by atoms with Gasteiger partial charge in [0.2, 0.25) is 5.91 Å². The molecule has 1 aromatic carbocycles. The largest absolute Gasteiger partial charge is 0.350 e. The standard InChI is InChI=1S/C24H28F2N4O3S/c25-16-11-15(12-17(26)13-16)24(33)30-9-2-8-29(21(31)14-20-3-1-10-34-20)23(30)22(32)28-19-6-4-18(27)5-7-19/h1,3,10-13,18-19,23H,2,4-9,14,27H2,(H,28,32). The maximum atomic E-state index is 13.8. The minimum absolute atomic E-state index is 0.104. The van der Waals surface area contributed by atoms with Crippen LogP contribution in [0.4, 0.5) is 8.78 Å². The first-order valence-corrected chi connectivity index (χ1v) is 12.3. The Labute approximate surface area is 200 Å². The van der Waals surface area contributed by atoms with E-state index in [0.717, 1.165) is 29.9 Å². The van der Waals surface area contributed by atoms with Crippen molar-refractivity contribution in [3.05, 3.63) is 57.8 Å². The summed E-state index contributed by atoms with van der Waals surface area (Å²) in [7, 11) is 0. The maximum absolute atomic E-state index is 13.8. The zero-order chi connectivity index (χ0) is 24.2. The number of carbonyl (C=O) groups excluding carboxylic acids is 3. The zero-order valence-corrected chi connectivity index (χ0v) is 19.5. The van der Waals surface area contributed by atoms with Crippen molar-refractivity contribution in [3.63, 3.8) is 0 Å². The third-order valence-electron chi connectivity index (χ3n) is 6.34. The molecule has 3 N–H and O–H groups in total. The number of amides is 3. The van der Waals surface area contributed by atoms with Crippen molar-refractivity contribution in [1.29, 1.82) is 0 Å². The first-order valence-electron chi connectivity index (χ1n) is 11.5. The van der Waals surface area contributed by atoms with E-state index in [1.165, 1.54) is 21.1 Å². The fourth-order valence-corrected chi connectivity index (χ4v) is 5.32. The Kier molecular flexibility index (Phi) is 7.57. The number of nitrogens with two attached hydrogens (primary N) is 1. The number of hydrogen-bond donors (Lipinski definition) is 2. The highest BCUT2D eigenvalue weighted by Crippen LogP contribution is 2.23. The summed E-state index contributed by atoms with van der Waals surface area (Å²) in [6.07, 6.45) is 2.34. The predicted molar refractivity (Wildman–Crippen MR) is 124 cm³/mol. The van der Waals surface area contributed by atoms with Crippen LogP contribution in [0.3, 0.4) is 0 Å². The van der Waals surface area contributed by atoms with Gasteiger partial charge >= 0.3 is 0 Å². The quantitative estimate of drug-likeness (QED) is 0.674. The molecule has 1 aliphatic carbocycles. The number of rotatable bonds is 5. The Bertz CT molecular complexity index is 1020. The molecule has 4 rings (SSSR count). The van der Waals surface area contributed by atoms with E-state index >= 15 is 0 Å². The van der Waals surface area contributed by atoms with E-state index in [9.17, 15) is 23.2 Å². The fourth-order valence-electron chi connectivity index (χ4n) is 4.63. The van der Waals surface area contributed by atoms with Crippen LogP contribution in [0.5, 0.6) is 0 Å². The Morgan fingerprint density at radius 2 is 1.71 bits per heavy atom. The number of hydrogen-bond acceptors (Lipinski definition) is 5. The van der Waals surface area contributed by atoms with Gasteiger partial charge in [0.25, 0.3) is 11.8 Å². The third kappa shape index (κ3) is 5.61. The highest BCUT2D eigenvalue weighted by molar-refractivity contribution is 7.10. The molecule has 2 aliphatic rings. The molecule has 182 valence electrons. The minimum Gasteiger partial charge on any atom is -0.350 e. The number of nitrogens with zero attached hydrogens (tertiary/aromatic N) is 2. The van der Waals surface area contributed by atoms with Crippen molar-refractivity contribution < 1.29 is 23.2 Å². The summed E-state index contributed by atoms with van der Waals surface area (Å²) in [4.78, 5) is 43.5. The number of benzene rings is 1. The Balaban J connectivity index is 1.60. The van der Waals surface area contributed by atoms with Gasteiger partial charge in [0.05, 0.1) is 6.42 Å². The Hall–Kier alpha value is -2.85. The van der Waals surface area contributed by atoms with E-state index in [1.807, 2.05) is 17.5 Å². The number of nitrogens with one attached hydrogen (secondary N) is 1. The van der Waals surface area contributed by atoms with Crippen LogP contribution in [0, 0.1) is 11.6 Å². The lowest BCUT2D eigenvalue weighted by atomic mass is 9.91. The molecule has 10 heteroatoms. The molecule has 7 nitrogen and oxygen atoms in total. The van der Waals surface area contributed by atoms with Gasteiger partial charge in [-0.3, -0.25) is 14.4 Å². The number of carbonyl (C=O) groups is 3. The lowest BCUT2D eigenvalue weighted by Crippen LogP contribution is -2.64. The first-order chi connectivity index (χ1) is 16.3. The van der Waals surface area contributed by atoms with E-state index < -0.39 is 29.6 Å². The smallest absolute Gasteiger partial charge is 0.264 e. The number of thiophene rings is 1. The maximum Gasteiger partial charge on any atom is 0.264 e. The summed E-state index contributed by atoms with van der Waals surface area (Å²) < 4.78 is 27.6. The molecular formula is C24H28F2N4O3S. The van der Waals surface area contributed by atoms with Crippen molar-refractivity contribution >= 4 is 29.1 Å². The van der Waals surface area contributed by atoms with Crippen LogP contribution in [0.2, 0.25) is 0 Å². The molecule has 2 heterocycles. The SMILES string of the molecule is NC1CCC(NC(=O)C2N(C(=O)Cc3cccs3)CCCN2C(=O)c2cc(F)cc(F)c2)CC1. The summed E-state index contributed by atoms with van der Waals surface area (Å²) >= 11 is 1.44. The second-order valence-electron chi connectivity index (χ2n) is 8.85. The van der Waals surface area contributed by atoms with Crippen molar-refractivity contribution in [2.45, 2.75) is 56.8 Å². The molecule has 1 aromatic heterocycles. The molecule has 0 bridgehead atoms. The van der Waals surface area contributed by atoms with Gasteiger partial charge in [0, 0.05) is 41.7 Å². The molecule has 0 radical (unpaired) electrons. The molecule has 3 amide bonds. The van der Waals surface area contributed by atoms with E-state index in [0.29, 0.717) is 31.9 Å². The number of halogens is 2. The van der Waals surface area contributed by atoms with Crippen molar-refractivity contribution in [1.82, 2.24) is 15.1 Å². The van der Waals surface area contributed by atoms with Crippen LogP contribution in [-0.4, -0.2) is 58.9 Å². The van der Waals surface area contributed by atoms with Gasteiger partial charge < -0.3 is 20.9 Å². The van der Waals surface area contributed by atoms with Crippen LogP contribution in [0.1, 0.15) is 47.3 Å². The highest BCUT2D eigenvalue weighted by Gasteiger charge is 2.41. The second-order valence-corrected chi connectivity index (χ2v) is 9.88. The van der Waals surface area contributed by atoms with Gasteiger partial charge in [0.15, 0.2) is 6.17 Å². The Morgan fingerprint density at radius 3 is 2.35 bits per heavy atom. The summed E-state index contributed by atoms with van der Waals surface area (Å²) in [5, 5.41) is 4.85. The van der Waals surface area contributed by atoms with E-state index in [2.05, 4.69) is 5.32 Å². The van der Waals surface area contributed by atoms with Crippen LogP contribution in [-0.2, 0) is 16.0 Å². The van der Waals surface area contributed by atoms with Gasteiger partial charge in [-0.05, 0) is 55.7 Å². The summed E-state index contributed by atoms with van der Waals surface area (Å²) in [6.45, 7) is 0.493. The first kappa shape index (κ1) is 24.3. The molecule has 2 fully saturated rings. The second kappa shape index (κ2) is 10.6. The molecule has 1 unspecified atom stereocenters. The minimum atomic E-state index is -1.20. The van der Waals surface area contributed by atoms with Crippen LogP contribution >= 0.6 is 11.3 Å². The molecule has 1 saturated heterocycles. The van der Waals surface area contributed by atoms with Gasteiger partial charge in [-0.1, -0.05) is 6.07 Å². The van der Waals surface area contributed by atoms with Crippen LogP contribution < -0.4 is 11.1 Å².